The molecule has 0 saturated heterocycles. The molecule has 0 aliphatic carbocycles. The summed E-state index contributed by atoms with van der Waals surface area (Å²) in [7, 11) is 1.45. The molecule has 2 aromatic carbocycles. The average molecular weight is 390 g/mol. The number of halogens is 1. The van der Waals surface area contributed by atoms with E-state index in [1.165, 1.54) is 30.1 Å². The molecule has 0 aliphatic heterocycles. The number of nitro benzene ring substituents is 1. The van der Waals surface area contributed by atoms with Crippen molar-refractivity contribution in [2.75, 3.05) is 20.3 Å². The number of nitrogens with zero attached hydrogens (tertiary/aromatic N) is 2. The van der Waals surface area contributed by atoms with E-state index in [0.717, 1.165) is 6.07 Å². The van der Waals surface area contributed by atoms with Gasteiger partial charge in [0.15, 0.2) is 12.4 Å². The van der Waals surface area contributed by atoms with Crippen LogP contribution >= 0.6 is 0 Å². The lowest BCUT2D eigenvalue weighted by Gasteiger charge is -2.17. The quantitative estimate of drug-likeness (QED) is 0.390. The van der Waals surface area contributed by atoms with Crippen LogP contribution in [0.5, 0.6) is 5.75 Å². The van der Waals surface area contributed by atoms with Gasteiger partial charge in [-0.25, -0.2) is 9.18 Å². The number of hydrogen-bond acceptors (Lipinski definition) is 6. The van der Waals surface area contributed by atoms with E-state index < -0.39 is 29.2 Å². The van der Waals surface area contributed by atoms with Gasteiger partial charge < -0.3 is 14.4 Å². The summed E-state index contributed by atoms with van der Waals surface area (Å²) in [5, 5.41) is 11.1. The van der Waals surface area contributed by atoms with Crippen LogP contribution in [0.2, 0.25) is 0 Å². The standard InChI is InChI=1S/C19H19FN2O6/c1-3-27-17-9-8-13(10-16(17)22(25)26)19(24)28-12-18(23)21(2)11-14-6-4-5-7-15(14)20/h4-10H,3,11-12H2,1-2H3. The number of carbonyl (C=O) groups excluding carboxylic acids is 2. The molecular weight excluding hydrogens is 371 g/mol. The van der Waals surface area contributed by atoms with Crippen molar-refractivity contribution in [3.8, 4) is 5.75 Å². The zero-order valence-electron chi connectivity index (χ0n) is 15.4. The Balaban J connectivity index is 1.99. The lowest BCUT2D eigenvalue weighted by molar-refractivity contribution is -0.385. The van der Waals surface area contributed by atoms with Crippen LogP contribution in [0.4, 0.5) is 10.1 Å². The van der Waals surface area contributed by atoms with Crippen molar-refractivity contribution >= 4 is 17.6 Å². The Bertz CT molecular complexity index is 886. The van der Waals surface area contributed by atoms with Crippen molar-refractivity contribution in [2.45, 2.75) is 13.5 Å². The molecule has 1 amide bonds. The molecule has 2 rings (SSSR count). The fourth-order valence-electron chi connectivity index (χ4n) is 2.36. The summed E-state index contributed by atoms with van der Waals surface area (Å²) in [6.45, 7) is 1.34. The summed E-state index contributed by atoms with van der Waals surface area (Å²) in [6, 6.07) is 9.66. The van der Waals surface area contributed by atoms with Gasteiger partial charge in [0.2, 0.25) is 0 Å². The SMILES string of the molecule is CCOc1ccc(C(=O)OCC(=O)N(C)Cc2ccccc2F)cc1[N+](=O)[O-]. The Labute approximate surface area is 160 Å². The van der Waals surface area contributed by atoms with Gasteiger partial charge in [-0.1, -0.05) is 18.2 Å². The van der Waals surface area contributed by atoms with Crippen molar-refractivity contribution in [1.29, 1.82) is 0 Å². The third-order valence-corrected chi connectivity index (χ3v) is 3.81. The molecule has 0 saturated carbocycles. The summed E-state index contributed by atoms with van der Waals surface area (Å²) >= 11 is 0. The number of nitro groups is 1. The van der Waals surface area contributed by atoms with Crippen LogP contribution in [0, 0.1) is 15.9 Å². The first-order valence-corrected chi connectivity index (χ1v) is 8.39. The molecular formula is C19H19FN2O6. The number of rotatable bonds is 8. The smallest absolute Gasteiger partial charge is 0.338 e. The summed E-state index contributed by atoms with van der Waals surface area (Å²) in [6.07, 6.45) is 0. The Morgan fingerprint density at radius 2 is 1.93 bits per heavy atom. The molecule has 0 fully saturated rings. The number of amides is 1. The second-order valence-corrected chi connectivity index (χ2v) is 5.79. The maximum atomic E-state index is 13.7. The molecule has 0 spiro atoms. The van der Waals surface area contributed by atoms with Gasteiger partial charge in [-0.3, -0.25) is 14.9 Å². The molecule has 0 radical (unpaired) electrons. The van der Waals surface area contributed by atoms with Gasteiger partial charge in [-0.15, -0.1) is 0 Å². The first-order chi connectivity index (χ1) is 13.3. The molecule has 0 heterocycles. The van der Waals surface area contributed by atoms with Gasteiger partial charge in [0.05, 0.1) is 17.1 Å². The Kier molecular flexibility index (Phi) is 7.02. The maximum Gasteiger partial charge on any atom is 0.338 e. The first-order valence-electron chi connectivity index (χ1n) is 8.39. The largest absolute Gasteiger partial charge is 0.487 e. The van der Waals surface area contributed by atoms with E-state index in [0.29, 0.717) is 5.56 Å². The van der Waals surface area contributed by atoms with Gasteiger partial charge in [-0.05, 0) is 25.1 Å². The second-order valence-electron chi connectivity index (χ2n) is 5.79. The molecule has 0 aromatic heterocycles. The minimum atomic E-state index is -0.890. The molecule has 0 aliphatic rings. The zero-order chi connectivity index (χ0) is 20.7. The normalized spacial score (nSPS) is 10.2. The summed E-state index contributed by atoms with van der Waals surface area (Å²) in [4.78, 5) is 35.9. The fraction of sp³-hybridized carbons (Fsp3) is 0.263. The summed E-state index contributed by atoms with van der Waals surface area (Å²) < 4.78 is 23.7. The third-order valence-electron chi connectivity index (χ3n) is 3.81. The monoisotopic (exact) mass is 390 g/mol. The van der Waals surface area contributed by atoms with Crippen molar-refractivity contribution < 1.29 is 28.4 Å². The number of esters is 1. The van der Waals surface area contributed by atoms with E-state index in [2.05, 4.69) is 0 Å². The third kappa shape index (κ3) is 5.26. The highest BCUT2D eigenvalue weighted by Crippen LogP contribution is 2.28. The molecule has 0 atom stereocenters. The topological polar surface area (TPSA) is 99.0 Å². The van der Waals surface area contributed by atoms with E-state index in [-0.39, 0.29) is 30.2 Å². The highest BCUT2D eigenvalue weighted by Gasteiger charge is 2.20. The first kappa shape index (κ1) is 20.8. The van der Waals surface area contributed by atoms with E-state index >= 15 is 0 Å². The van der Waals surface area contributed by atoms with Gasteiger partial charge in [0, 0.05) is 25.2 Å². The highest BCUT2D eigenvalue weighted by molar-refractivity contribution is 5.92. The zero-order valence-corrected chi connectivity index (χ0v) is 15.4. The highest BCUT2D eigenvalue weighted by atomic mass is 19.1. The molecule has 28 heavy (non-hydrogen) atoms. The maximum absolute atomic E-state index is 13.7. The summed E-state index contributed by atoms with van der Waals surface area (Å²) in [5.41, 5.74) is -0.133. The van der Waals surface area contributed by atoms with Gasteiger partial charge in [-0.2, -0.15) is 0 Å². The van der Waals surface area contributed by atoms with E-state index in [1.54, 1.807) is 25.1 Å². The number of benzene rings is 2. The van der Waals surface area contributed by atoms with E-state index in [4.69, 9.17) is 9.47 Å². The van der Waals surface area contributed by atoms with Crippen LogP contribution in [0.15, 0.2) is 42.5 Å². The van der Waals surface area contributed by atoms with Crippen LogP contribution in [0.25, 0.3) is 0 Å². The number of hydrogen-bond donors (Lipinski definition) is 0. The van der Waals surface area contributed by atoms with Gasteiger partial charge >= 0.3 is 11.7 Å². The van der Waals surface area contributed by atoms with Gasteiger partial charge in [0.1, 0.15) is 5.82 Å². The Morgan fingerprint density at radius 3 is 2.57 bits per heavy atom. The fourth-order valence-corrected chi connectivity index (χ4v) is 2.36. The predicted molar refractivity (Wildman–Crippen MR) is 97.4 cm³/mol. The molecule has 9 heteroatoms. The molecule has 8 nitrogen and oxygen atoms in total. The summed E-state index contributed by atoms with van der Waals surface area (Å²) in [5.74, 6) is -1.85. The lowest BCUT2D eigenvalue weighted by Crippen LogP contribution is -2.31. The van der Waals surface area contributed by atoms with Crippen LogP contribution < -0.4 is 4.74 Å². The van der Waals surface area contributed by atoms with Crippen LogP contribution in [-0.2, 0) is 16.1 Å². The number of ether oxygens (including phenoxy) is 2. The minimum absolute atomic E-state index is 0.0115. The molecule has 2 aromatic rings. The number of carbonyl (C=O) groups is 2. The minimum Gasteiger partial charge on any atom is -0.487 e. The Hall–Kier alpha value is -3.49. The molecule has 0 N–H and O–H groups in total. The second kappa shape index (κ2) is 9.45. The van der Waals surface area contributed by atoms with Crippen LogP contribution in [0.1, 0.15) is 22.8 Å². The number of likely N-dealkylation sites (N-methyl/N-ethyl adjacent to an activating group) is 1. The van der Waals surface area contributed by atoms with Gasteiger partial charge in [0.25, 0.3) is 5.91 Å². The molecule has 0 bridgehead atoms. The van der Waals surface area contributed by atoms with E-state index in [9.17, 15) is 24.1 Å². The lowest BCUT2D eigenvalue weighted by atomic mass is 10.2. The van der Waals surface area contributed by atoms with E-state index in [1.807, 2.05) is 0 Å². The van der Waals surface area contributed by atoms with Crippen molar-refractivity contribution in [3.63, 3.8) is 0 Å². The Morgan fingerprint density at radius 1 is 1.21 bits per heavy atom. The van der Waals surface area contributed by atoms with Crippen LogP contribution in [-0.4, -0.2) is 42.0 Å². The predicted octanol–water partition coefficient (Wildman–Crippen LogP) is 2.95. The average Bonchev–Trinajstić information content (AvgIpc) is 2.67. The van der Waals surface area contributed by atoms with Crippen molar-refractivity contribution in [3.05, 3.63) is 69.5 Å². The van der Waals surface area contributed by atoms with Crippen molar-refractivity contribution in [1.82, 2.24) is 4.90 Å². The van der Waals surface area contributed by atoms with Crippen LogP contribution in [0.3, 0.4) is 0 Å². The molecule has 148 valence electrons. The molecule has 0 unspecified atom stereocenters. The van der Waals surface area contributed by atoms with Crippen molar-refractivity contribution in [2.24, 2.45) is 0 Å².